The molecule has 200 valence electrons. The van der Waals surface area contributed by atoms with Gasteiger partial charge in [0.2, 0.25) is 0 Å². The second kappa shape index (κ2) is 11.3. The fourth-order valence-electron chi connectivity index (χ4n) is 5.86. The summed E-state index contributed by atoms with van der Waals surface area (Å²) >= 11 is 0. The van der Waals surface area contributed by atoms with Crippen LogP contribution in [0, 0.1) is 11.7 Å². The molecule has 0 radical (unpaired) electrons. The number of alkyl halides is 1. The van der Waals surface area contributed by atoms with Crippen molar-refractivity contribution < 1.29 is 23.4 Å². The van der Waals surface area contributed by atoms with E-state index in [9.17, 15) is 14.3 Å². The number of hydrogen-bond acceptors (Lipinski definition) is 6. The summed E-state index contributed by atoms with van der Waals surface area (Å²) in [6.07, 6.45) is 7.41. The predicted molar refractivity (Wildman–Crippen MR) is 136 cm³/mol. The fourth-order valence-corrected chi connectivity index (χ4v) is 5.86. The van der Waals surface area contributed by atoms with Crippen LogP contribution in [0.1, 0.15) is 79.4 Å². The van der Waals surface area contributed by atoms with Crippen LogP contribution in [-0.2, 0) is 17.6 Å². The normalized spacial score (nSPS) is 21.2. The molecular weight excluding hydrogens is 478 g/mol. The molecular formula is C28H36F2N4O3. The van der Waals surface area contributed by atoms with Gasteiger partial charge in [-0.05, 0) is 64.0 Å². The Kier molecular flexibility index (Phi) is 7.88. The molecule has 3 unspecified atom stereocenters. The number of nitrogens with one attached hydrogen (secondary N) is 1. The maximum Gasteiger partial charge on any atom is 0.325 e. The van der Waals surface area contributed by atoms with Gasteiger partial charge in [0, 0.05) is 53.5 Å². The van der Waals surface area contributed by atoms with E-state index in [1.165, 1.54) is 6.07 Å². The zero-order chi connectivity index (χ0) is 25.9. The van der Waals surface area contributed by atoms with E-state index in [4.69, 9.17) is 9.72 Å². The van der Waals surface area contributed by atoms with Crippen molar-refractivity contribution in [2.75, 3.05) is 32.1 Å². The number of anilines is 1. The van der Waals surface area contributed by atoms with Crippen LogP contribution in [0.15, 0.2) is 18.3 Å². The highest BCUT2D eigenvalue weighted by Crippen LogP contribution is 2.43. The number of unbranched alkanes of at least 4 members (excludes halogenated alkanes) is 1. The SMILES string of the molecule is COc1cc(CCCCC(F)C2CCN(C(C(=O)O)c3cc(F)cnc3C3CC3)C2)nc2c1CCCN2. The van der Waals surface area contributed by atoms with E-state index in [1.54, 1.807) is 12.0 Å². The first-order chi connectivity index (χ1) is 17.9. The lowest BCUT2D eigenvalue weighted by Gasteiger charge is -2.26. The first-order valence-corrected chi connectivity index (χ1v) is 13.5. The van der Waals surface area contributed by atoms with Crippen molar-refractivity contribution >= 4 is 11.8 Å². The number of rotatable bonds is 11. The van der Waals surface area contributed by atoms with Crippen molar-refractivity contribution in [2.45, 2.75) is 75.9 Å². The molecule has 5 rings (SSSR count). The minimum atomic E-state index is -1.03. The minimum absolute atomic E-state index is 0.199. The number of carboxylic acids is 1. The van der Waals surface area contributed by atoms with Crippen LogP contribution in [-0.4, -0.2) is 58.9 Å². The molecule has 3 aliphatic rings. The number of aromatic nitrogens is 2. The molecule has 7 nitrogen and oxygen atoms in total. The van der Waals surface area contributed by atoms with Crippen molar-refractivity contribution in [3.63, 3.8) is 0 Å². The van der Waals surface area contributed by atoms with Crippen LogP contribution < -0.4 is 10.1 Å². The molecule has 3 atom stereocenters. The topological polar surface area (TPSA) is 87.6 Å². The number of fused-ring (bicyclic) bond motifs is 1. The molecule has 2 N–H and O–H groups in total. The van der Waals surface area contributed by atoms with Gasteiger partial charge < -0.3 is 15.2 Å². The molecule has 0 spiro atoms. The average Bonchev–Trinajstić information content (AvgIpc) is 3.62. The average molecular weight is 515 g/mol. The van der Waals surface area contributed by atoms with Crippen LogP contribution >= 0.6 is 0 Å². The van der Waals surface area contributed by atoms with E-state index in [2.05, 4.69) is 10.3 Å². The molecule has 2 aliphatic heterocycles. The van der Waals surface area contributed by atoms with E-state index in [1.807, 2.05) is 6.07 Å². The highest BCUT2D eigenvalue weighted by Gasteiger charge is 2.40. The summed E-state index contributed by atoms with van der Waals surface area (Å²) in [5, 5.41) is 13.4. The zero-order valence-electron chi connectivity index (χ0n) is 21.4. The summed E-state index contributed by atoms with van der Waals surface area (Å²) in [6, 6.07) is 2.31. The van der Waals surface area contributed by atoms with Crippen LogP contribution in [0.3, 0.4) is 0 Å². The molecule has 1 saturated carbocycles. The van der Waals surface area contributed by atoms with E-state index < -0.39 is 24.0 Å². The van der Waals surface area contributed by atoms with Crippen molar-refractivity contribution in [3.8, 4) is 5.75 Å². The number of ether oxygens (including phenoxy) is 1. The molecule has 37 heavy (non-hydrogen) atoms. The van der Waals surface area contributed by atoms with Crippen LogP contribution in [0.25, 0.3) is 0 Å². The van der Waals surface area contributed by atoms with E-state index in [0.717, 1.165) is 80.5 Å². The zero-order valence-corrected chi connectivity index (χ0v) is 21.4. The number of likely N-dealkylation sites (tertiary alicyclic amines) is 1. The molecule has 0 aromatic carbocycles. The molecule has 2 fully saturated rings. The van der Waals surface area contributed by atoms with E-state index in [0.29, 0.717) is 37.2 Å². The van der Waals surface area contributed by atoms with E-state index in [-0.39, 0.29) is 11.8 Å². The van der Waals surface area contributed by atoms with Crippen molar-refractivity contribution in [3.05, 3.63) is 46.7 Å². The minimum Gasteiger partial charge on any atom is -0.496 e. The van der Waals surface area contributed by atoms with Crippen LogP contribution in [0.5, 0.6) is 5.75 Å². The molecule has 0 amide bonds. The van der Waals surface area contributed by atoms with Gasteiger partial charge in [0.05, 0.1) is 13.3 Å². The van der Waals surface area contributed by atoms with Gasteiger partial charge in [-0.15, -0.1) is 0 Å². The second-order valence-electron chi connectivity index (χ2n) is 10.6. The Balaban J connectivity index is 1.15. The number of methoxy groups -OCH3 is 1. The van der Waals surface area contributed by atoms with Gasteiger partial charge in [-0.2, -0.15) is 0 Å². The van der Waals surface area contributed by atoms with Gasteiger partial charge in [0.15, 0.2) is 0 Å². The Hall–Kier alpha value is -2.81. The Morgan fingerprint density at radius 2 is 2.14 bits per heavy atom. The van der Waals surface area contributed by atoms with E-state index >= 15 is 4.39 Å². The molecule has 2 aromatic heterocycles. The Labute approximate surface area is 216 Å². The summed E-state index contributed by atoms with van der Waals surface area (Å²) in [6.45, 7) is 1.75. The highest BCUT2D eigenvalue weighted by atomic mass is 19.1. The van der Waals surface area contributed by atoms with Crippen molar-refractivity contribution in [1.82, 2.24) is 14.9 Å². The summed E-state index contributed by atoms with van der Waals surface area (Å²) in [4.78, 5) is 23.0. The Morgan fingerprint density at radius 1 is 1.30 bits per heavy atom. The third-order valence-electron chi connectivity index (χ3n) is 7.96. The van der Waals surface area contributed by atoms with Crippen LogP contribution in [0.4, 0.5) is 14.6 Å². The number of pyridine rings is 2. The molecule has 4 heterocycles. The predicted octanol–water partition coefficient (Wildman–Crippen LogP) is 5.06. The second-order valence-corrected chi connectivity index (χ2v) is 10.6. The first-order valence-electron chi connectivity index (χ1n) is 13.5. The van der Waals surface area contributed by atoms with Gasteiger partial charge in [-0.3, -0.25) is 14.7 Å². The molecule has 2 aromatic rings. The summed E-state index contributed by atoms with van der Waals surface area (Å²) in [7, 11) is 1.68. The van der Waals surface area contributed by atoms with Gasteiger partial charge in [-0.25, -0.2) is 13.8 Å². The molecule has 1 saturated heterocycles. The number of carbonyl (C=O) groups is 1. The summed E-state index contributed by atoms with van der Waals surface area (Å²) in [5.41, 5.74) is 3.18. The molecule has 1 aliphatic carbocycles. The number of nitrogens with zero attached hydrogens (tertiary/aromatic N) is 3. The lowest BCUT2D eigenvalue weighted by atomic mass is 9.97. The van der Waals surface area contributed by atoms with Gasteiger partial charge in [-0.1, -0.05) is 6.42 Å². The fraction of sp³-hybridized carbons (Fsp3) is 0.607. The third kappa shape index (κ3) is 5.87. The molecule has 0 bridgehead atoms. The smallest absolute Gasteiger partial charge is 0.325 e. The maximum atomic E-state index is 15.2. The molecule has 9 heteroatoms. The monoisotopic (exact) mass is 514 g/mol. The Bertz CT molecular complexity index is 1110. The highest BCUT2D eigenvalue weighted by molar-refractivity contribution is 5.76. The maximum absolute atomic E-state index is 15.2. The number of halogens is 2. The lowest BCUT2D eigenvalue weighted by Crippen LogP contribution is -2.34. The van der Waals surface area contributed by atoms with Gasteiger partial charge >= 0.3 is 5.97 Å². The van der Waals surface area contributed by atoms with Crippen molar-refractivity contribution in [2.24, 2.45) is 5.92 Å². The number of aliphatic carboxylic acids is 1. The standard InChI is InChI=1S/C28H36F2N4O3/c1-37-24-14-20(33-27-21(24)6-4-11-31-27)5-2-3-7-23(30)18-10-12-34(16-18)26(28(35)36)22-13-19(29)15-32-25(22)17-8-9-17/h13-15,17-18,23,26H,2-12,16H2,1H3,(H,31,33)(H,35,36). The Morgan fingerprint density at radius 3 is 2.89 bits per heavy atom. The van der Waals surface area contributed by atoms with Gasteiger partial charge in [0.1, 0.15) is 29.6 Å². The summed E-state index contributed by atoms with van der Waals surface area (Å²) < 4.78 is 34.8. The quantitative estimate of drug-likeness (QED) is 0.406. The van der Waals surface area contributed by atoms with Gasteiger partial charge in [0.25, 0.3) is 0 Å². The number of aryl methyl sites for hydroxylation is 1. The first kappa shape index (κ1) is 25.8. The third-order valence-corrected chi connectivity index (χ3v) is 7.96. The number of carboxylic acid groups (broad SMARTS) is 1. The largest absolute Gasteiger partial charge is 0.496 e. The lowest BCUT2D eigenvalue weighted by molar-refractivity contribution is -0.143. The number of hydrogen-bond donors (Lipinski definition) is 2. The van der Waals surface area contributed by atoms with Crippen molar-refractivity contribution in [1.29, 1.82) is 0 Å². The van der Waals surface area contributed by atoms with Crippen LogP contribution in [0.2, 0.25) is 0 Å². The summed E-state index contributed by atoms with van der Waals surface area (Å²) in [5.74, 6) is 0.178.